The molecule has 0 radical (unpaired) electrons. The van der Waals surface area contributed by atoms with Crippen LogP contribution in [0.3, 0.4) is 0 Å². The molecular formula is C11H21N3O4. The Kier molecular flexibility index (Phi) is 6.77. The van der Waals surface area contributed by atoms with Crippen LogP contribution in [0.4, 0.5) is 4.79 Å². The van der Waals surface area contributed by atoms with Gasteiger partial charge in [-0.2, -0.15) is 0 Å². The molecule has 0 atom stereocenters. The molecule has 5 N–H and O–H groups in total. The van der Waals surface area contributed by atoms with Gasteiger partial charge in [-0.25, -0.2) is 4.79 Å². The maximum atomic E-state index is 11.4. The number of amides is 3. The zero-order valence-electron chi connectivity index (χ0n) is 10.8. The van der Waals surface area contributed by atoms with Crippen LogP contribution in [0.1, 0.15) is 39.5 Å². The summed E-state index contributed by atoms with van der Waals surface area (Å²) in [6.45, 7) is 3.79. The molecule has 7 heteroatoms. The molecule has 0 aromatic rings. The van der Waals surface area contributed by atoms with Gasteiger partial charge in [-0.05, 0) is 26.7 Å². The summed E-state index contributed by atoms with van der Waals surface area (Å²) in [6.07, 6.45) is 1.26. The summed E-state index contributed by atoms with van der Waals surface area (Å²) in [5.41, 5.74) is 4.36. The van der Waals surface area contributed by atoms with Crippen LogP contribution < -0.4 is 16.4 Å². The van der Waals surface area contributed by atoms with Gasteiger partial charge >= 0.3 is 12.0 Å². The van der Waals surface area contributed by atoms with E-state index in [1.165, 1.54) is 0 Å². The smallest absolute Gasteiger partial charge is 0.315 e. The van der Waals surface area contributed by atoms with Gasteiger partial charge in [0.05, 0.1) is 0 Å². The average molecular weight is 259 g/mol. The van der Waals surface area contributed by atoms with Gasteiger partial charge in [0.1, 0.15) is 0 Å². The molecule has 0 aliphatic rings. The summed E-state index contributed by atoms with van der Waals surface area (Å²) in [5, 5.41) is 13.6. The topological polar surface area (TPSA) is 122 Å². The lowest BCUT2D eigenvalue weighted by Gasteiger charge is -2.24. The lowest BCUT2D eigenvalue weighted by Crippen LogP contribution is -2.50. The van der Waals surface area contributed by atoms with Gasteiger partial charge in [0, 0.05) is 24.9 Å². The third-order valence-corrected chi connectivity index (χ3v) is 2.17. The van der Waals surface area contributed by atoms with Gasteiger partial charge in [0.25, 0.3) is 0 Å². The van der Waals surface area contributed by atoms with Gasteiger partial charge < -0.3 is 21.5 Å². The summed E-state index contributed by atoms with van der Waals surface area (Å²) < 4.78 is 0. The lowest BCUT2D eigenvalue weighted by molar-refractivity contribution is -0.137. The van der Waals surface area contributed by atoms with Gasteiger partial charge in [0.15, 0.2) is 0 Å². The number of unbranched alkanes of at least 4 members (excludes halogenated alkanes) is 1. The van der Waals surface area contributed by atoms with Crippen molar-refractivity contribution in [2.24, 2.45) is 5.73 Å². The van der Waals surface area contributed by atoms with Gasteiger partial charge in [-0.1, -0.05) is 0 Å². The first-order chi connectivity index (χ1) is 8.23. The second kappa shape index (κ2) is 7.52. The standard InChI is InChI=1S/C11H21N3O4/c1-11(2,7-8(12)15)14-10(18)13-6-4-3-5-9(16)17/h3-7H2,1-2H3,(H2,12,15)(H,16,17)(H2,13,14,18). The Morgan fingerprint density at radius 2 is 1.83 bits per heavy atom. The molecule has 0 unspecified atom stereocenters. The van der Waals surface area contributed by atoms with Crippen molar-refractivity contribution in [2.75, 3.05) is 6.54 Å². The number of carbonyl (C=O) groups excluding carboxylic acids is 2. The minimum Gasteiger partial charge on any atom is -0.481 e. The van der Waals surface area contributed by atoms with Gasteiger partial charge in [-0.3, -0.25) is 9.59 Å². The molecule has 0 saturated carbocycles. The molecule has 0 bridgehead atoms. The summed E-state index contributed by atoms with van der Waals surface area (Å²) in [7, 11) is 0. The van der Waals surface area contributed by atoms with Crippen molar-refractivity contribution < 1.29 is 19.5 Å². The number of aliphatic carboxylic acids is 1. The van der Waals surface area contributed by atoms with E-state index in [1.54, 1.807) is 13.8 Å². The van der Waals surface area contributed by atoms with Crippen LogP contribution in [0.5, 0.6) is 0 Å². The molecule has 0 fully saturated rings. The largest absolute Gasteiger partial charge is 0.481 e. The van der Waals surface area contributed by atoms with Crippen LogP contribution >= 0.6 is 0 Å². The maximum absolute atomic E-state index is 11.4. The Morgan fingerprint density at radius 1 is 1.22 bits per heavy atom. The van der Waals surface area contributed by atoms with Crippen molar-refractivity contribution in [1.29, 1.82) is 0 Å². The van der Waals surface area contributed by atoms with E-state index in [9.17, 15) is 14.4 Å². The zero-order chi connectivity index (χ0) is 14.2. The molecule has 0 spiro atoms. The van der Waals surface area contributed by atoms with Crippen molar-refractivity contribution in [3.63, 3.8) is 0 Å². The molecule has 0 aromatic carbocycles. The fourth-order valence-electron chi connectivity index (χ4n) is 1.43. The van der Waals surface area contributed by atoms with Crippen LogP contribution in [0.25, 0.3) is 0 Å². The number of nitrogens with one attached hydrogen (secondary N) is 2. The Balaban J connectivity index is 3.77. The third kappa shape index (κ3) is 9.44. The van der Waals surface area contributed by atoms with E-state index in [1.807, 2.05) is 0 Å². The van der Waals surface area contributed by atoms with Gasteiger partial charge in [-0.15, -0.1) is 0 Å². The quantitative estimate of drug-likeness (QED) is 0.465. The Bertz CT molecular complexity index is 315. The van der Waals surface area contributed by atoms with Crippen molar-refractivity contribution in [2.45, 2.75) is 45.1 Å². The van der Waals surface area contributed by atoms with E-state index < -0.39 is 23.4 Å². The fourth-order valence-corrected chi connectivity index (χ4v) is 1.43. The molecule has 0 rings (SSSR count). The molecule has 104 valence electrons. The number of nitrogens with two attached hydrogens (primary N) is 1. The minimum absolute atomic E-state index is 0.0550. The number of carbonyl (C=O) groups is 3. The number of carboxylic acid groups (broad SMARTS) is 1. The highest BCUT2D eigenvalue weighted by Gasteiger charge is 2.22. The van der Waals surface area contributed by atoms with Crippen LogP contribution in [-0.2, 0) is 9.59 Å². The zero-order valence-corrected chi connectivity index (χ0v) is 10.8. The normalized spacial score (nSPS) is 10.8. The second-order valence-electron chi connectivity index (χ2n) is 4.76. The summed E-state index contributed by atoms with van der Waals surface area (Å²) in [6, 6.07) is -0.392. The van der Waals surface area contributed by atoms with Gasteiger partial charge in [0.2, 0.25) is 5.91 Å². The fraction of sp³-hybridized carbons (Fsp3) is 0.727. The molecule has 0 saturated heterocycles. The van der Waals surface area contributed by atoms with Crippen molar-refractivity contribution >= 4 is 17.9 Å². The highest BCUT2D eigenvalue weighted by Crippen LogP contribution is 2.06. The summed E-state index contributed by atoms with van der Waals surface area (Å²) in [5.74, 6) is -1.33. The molecule has 18 heavy (non-hydrogen) atoms. The monoisotopic (exact) mass is 259 g/mol. The molecule has 7 nitrogen and oxygen atoms in total. The highest BCUT2D eigenvalue weighted by molar-refractivity contribution is 5.78. The summed E-state index contributed by atoms with van der Waals surface area (Å²) in [4.78, 5) is 32.4. The van der Waals surface area contributed by atoms with Crippen LogP contribution in [0.15, 0.2) is 0 Å². The Labute approximate surface area is 106 Å². The first kappa shape index (κ1) is 16.2. The molecule has 0 aromatic heterocycles. The van der Waals surface area contributed by atoms with Crippen LogP contribution in [0.2, 0.25) is 0 Å². The third-order valence-electron chi connectivity index (χ3n) is 2.17. The predicted octanol–water partition coefficient (Wildman–Crippen LogP) is 0.195. The van der Waals surface area contributed by atoms with Crippen molar-refractivity contribution in [3.8, 4) is 0 Å². The van der Waals surface area contributed by atoms with E-state index in [0.29, 0.717) is 19.4 Å². The number of hydrogen-bond acceptors (Lipinski definition) is 3. The number of primary amides is 1. The van der Waals surface area contributed by atoms with E-state index in [4.69, 9.17) is 10.8 Å². The Hall–Kier alpha value is -1.79. The molecule has 3 amide bonds. The van der Waals surface area contributed by atoms with E-state index in [0.717, 1.165) is 0 Å². The summed E-state index contributed by atoms with van der Waals surface area (Å²) >= 11 is 0. The highest BCUT2D eigenvalue weighted by atomic mass is 16.4. The number of hydrogen-bond donors (Lipinski definition) is 4. The van der Waals surface area contributed by atoms with E-state index in [-0.39, 0.29) is 12.8 Å². The molecular weight excluding hydrogens is 238 g/mol. The number of rotatable bonds is 8. The Morgan fingerprint density at radius 3 is 2.33 bits per heavy atom. The number of carboxylic acids is 1. The van der Waals surface area contributed by atoms with E-state index >= 15 is 0 Å². The SMILES string of the molecule is CC(C)(CC(N)=O)NC(=O)NCCCCC(=O)O. The van der Waals surface area contributed by atoms with E-state index in [2.05, 4.69) is 10.6 Å². The second-order valence-corrected chi connectivity index (χ2v) is 4.76. The number of urea groups is 1. The average Bonchev–Trinajstić information content (AvgIpc) is 2.13. The maximum Gasteiger partial charge on any atom is 0.315 e. The first-order valence-electron chi connectivity index (χ1n) is 5.79. The molecule has 0 aliphatic heterocycles. The predicted molar refractivity (Wildman–Crippen MR) is 65.9 cm³/mol. The minimum atomic E-state index is -0.845. The van der Waals surface area contributed by atoms with Crippen LogP contribution in [-0.4, -0.2) is 35.1 Å². The lowest BCUT2D eigenvalue weighted by atomic mass is 10.0. The van der Waals surface area contributed by atoms with Crippen molar-refractivity contribution in [1.82, 2.24) is 10.6 Å². The first-order valence-corrected chi connectivity index (χ1v) is 5.79. The van der Waals surface area contributed by atoms with Crippen LogP contribution in [0, 0.1) is 0 Å². The molecule has 0 heterocycles. The van der Waals surface area contributed by atoms with Crippen molar-refractivity contribution in [3.05, 3.63) is 0 Å². The molecule has 0 aliphatic carbocycles.